The summed E-state index contributed by atoms with van der Waals surface area (Å²) in [6, 6.07) is 6.30. The first kappa shape index (κ1) is 18.2. The van der Waals surface area contributed by atoms with Crippen LogP contribution in [0.5, 0.6) is 0 Å². The lowest BCUT2D eigenvalue weighted by Crippen LogP contribution is -2.39. The van der Waals surface area contributed by atoms with Gasteiger partial charge in [-0.25, -0.2) is 9.18 Å². The summed E-state index contributed by atoms with van der Waals surface area (Å²) in [5.74, 6) is -0.0244. The lowest BCUT2D eigenvalue weighted by atomic mass is 10.1. The molecule has 0 aromatic heterocycles. The van der Waals surface area contributed by atoms with Gasteiger partial charge in [0.2, 0.25) is 5.91 Å². The van der Waals surface area contributed by atoms with Gasteiger partial charge in [-0.3, -0.25) is 4.79 Å². The van der Waals surface area contributed by atoms with Crippen molar-refractivity contribution in [1.29, 1.82) is 0 Å². The molecule has 3 amide bonds. The largest absolute Gasteiger partial charge is 0.343 e. The van der Waals surface area contributed by atoms with Gasteiger partial charge >= 0.3 is 6.03 Å². The molecule has 1 aliphatic rings. The molecule has 0 bridgehead atoms. The van der Waals surface area contributed by atoms with Crippen LogP contribution in [0.4, 0.5) is 9.18 Å². The SMILES string of the molecule is O=C(NCCCN1CCCCCC1=O)NCCc1ccccc1F. The molecule has 1 heterocycles. The maximum absolute atomic E-state index is 13.4. The van der Waals surface area contributed by atoms with Gasteiger partial charge in [0.05, 0.1) is 0 Å². The third kappa shape index (κ3) is 6.18. The maximum Gasteiger partial charge on any atom is 0.314 e. The van der Waals surface area contributed by atoms with Gasteiger partial charge in [0.25, 0.3) is 0 Å². The second kappa shape index (κ2) is 9.90. The predicted molar refractivity (Wildman–Crippen MR) is 91.2 cm³/mol. The molecule has 1 aromatic rings. The molecule has 0 spiro atoms. The summed E-state index contributed by atoms with van der Waals surface area (Å²) in [6.07, 6.45) is 5.01. The number of urea groups is 1. The molecule has 1 aromatic carbocycles. The van der Waals surface area contributed by atoms with Crippen LogP contribution in [0.15, 0.2) is 24.3 Å². The molecule has 0 aliphatic carbocycles. The molecular weight excluding hydrogens is 309 g/mol. The molecule has 132 valence electrons. The Morgan fingerprint density at radius 2 is 1.92 bits per heavy atom. The Balaban J connectivity index is 1.56. The average molecular weight is 335 g/mol. The first-order chi connectivity index (χ1) is 11.7. The number of hydrogen-bond donors (Lipinski definition) is 2. The number of benzene rings is 1. The first-order valence-corrected chi connectivity index (χ1v) is 8.69. The Hall–Kier alpha value is -2.11. The molecule has 24 heavy (non-hydrogen) atoms. The van der Waals surface area contributed by atoms with Crippen molar-refractivity contribution >= 4 is 11.9 Å². The van der Waals surface area contributed by atoms with Gasteiger partial charge in [-0.2, -0.15) is 0 Å². The van der Waals surface area contributed by atoms with E-state index in [1.165, 1.54) is 6.07 Å². The molecule has 0 radical (unpaired) electrons. The molecule has 0 unspecified atom stereocenters. The normalized spacial score (nSPS) is 15.0. The van der Waals surface area contributed by atoms with Crippen molar-refractivity contribution in [1.82, 2.24) is 15.5 Å². The van der Waals surface area contributed by atoms with Crippen LogP contribution in [0.3, 0.4) is 0 Å². The van der Waals surface area contributed by atoms with E-state index in [0.717, 1.165) is 32.2 Å². The highest BCUT2D eigenvalue weighted by Gasteiger charge is 2.15. The average Bonchev–Trinajstić information content (AvgIpc) is 2.78. The molecule has 2 rings (SSSR count). The van der Waals surface area contributed by atoms with E-state index in [4.69, 9.17) is 0 Å². The summed E-state index contributed by atoms with van der Waals surface area (Å²) in [7, 11) is 0. The fraction of sp³-hybridized carbons (Fsp3) is 0.556. The fourth-order valence-electron chi connectivity index (χ4n) is 2.82. The molecule has 0 saturated carbocycles. The van der Waals surface area contributed by atoms with Crippen molar-refractivity contribution in [2.75, 3.05) is 26.2 Å². The second-order valence-corrected chi connectivity index (χ2v) is 6.07. The summed E-state index contributed by atoms with van der Waals surface area (Å²) in [5.41, 5.74) is 0.595. The van der Waals surface area contributed by atoms with E-state index >= 15 is 0 Å². The summed E-state index contributed by atoms with van der Waals surface area (Å²) in [4.78, 5) is 25.4. The quantitative estimate of drug-likeness (QED) is 0.752. The van der Waals surface area contributed by atoms with E-state index in [9.17, 15) is 14.0 Å². The predicted octanol–water partition coefficient (Wildman–Crippen LogP) is 2.46. The lowest BCUT2D eigenvalue weighted by Gasteiger charge is -2.20. The minimum atomic E-state index is -0.256. The maximum atomic E-state index is 13.4. The standard InChI is InChI=1S/C18H26FN3O2/c19-16-8-4-3-7-15(16)10-12-21-18(24)20-11-6-14-22-13-5-1-2-9-17(22)23/h3-4,7-8H,1-2,5-6,9-14H2,(H2,20,21,24). The lowest BCUT2D eigenvalue weighted by molar-refractivity contribution is -0.130. The van der Waals surface area contributed by atoms with E-state index in [-0.39, 0.29) is 17.8 Å². The van der Waals surface area contributed by atoms with Crippen molar-refractivity contribution in [2.24, 2.45) is 0 Å². The van der Waals surface area contributed by atoms with Crippen LogP contribution in [-0.4, -0.2) is 43.0 Å². The van der Waals surface area contributed by atoms with Crippen LogP contribution >= 0.6 is 0 Å². The third-order valence-corrected chi connectivity index (χ3v) is 4.20. The van der Waals surface area contributed by atoms with Crippen molar-refractivity contribution < 1.29 is 14.0 Å². The molecule has 1 saturated heterocycles. The number of likely N-dealkylation sites (tertiary alicyclic amines) is 1. The van der Waals surface area contributed by atoms with Gasteiger partial charge in [-0.15, -0.1) is 0 Å². The zero-order valence-corrected chi connectivity index (χ0v) is 14.0. The van der Waals surface area contributed by atoms with Gasteiger partial charge in [-0.1, -0.05) is 24.6 Å². The Kier molecular flexibility index (Phi) is 7.52. The van der Waals surface area contributed by atoms with Gasteiger partial charge in [0, 0.05) is 32.6 Å². The number of nitrogens with zero attached hydrogens (tertiary/aromatic N) is 1. The molecular formula is C18H26FN3O2. The highest BCUT2D eigenvalue weighted by Crippen LogP contribution is 2.11. The second-order valence-electron chi connectivity index (χ2n) is 6.07. The summed E-state index contributed by atoms with van der Waals surface area (Å²) < 4.78 is 13.4. The zero-order chi connectivity index (χ0) is 17.2. The van der Waals surface area contributed by atoms with Crippen LogP contribution in [0.25, 0.3) is 0 Å². The number of carbonyl (C=O) groups excluding carboxylic acids is 2. The first-order valence-electron chi connectivity index (χ1n) is 8.69. The van der Waals surface area contributed by atoms with Crippen LogP contribution < -0.4 is 10.6 Å². The molecule has 5 nitrogen and oxygen atoms in total. The van der Waals surface area contributed by atoms with Crippen LogP contribution in [0.1, 0.15) is 37.7 Å². The number of rotatable bonds is 7. The van der Waals surface area contributed by atoms with Crippen molar-refractivity contribution in [3.8, 4) is 0 Å². The van der Waals surface area contributed by atoms with E-state index in [0.29, 0.717) is 38.0 Å². The fourth-order valence-corrected chi connectivity index (χ4v) is 2.82. The highest BCUT2D eigenvalue weighted by atomic mass is 19.1. The van der Waals surface area contributed by atoms with Gasteiger partial charge in [0.15, 0.2) is 0 Å². The Bertz CT molecular complexity index is 551. The van der Waals surface area contributed by atoms with Gasteiger partial charge in [0.1, 0.15) is 5.82 Å². The third-order valence-electron chi connectivity index (χ3n) is 4.20. The van der Waals surface area contributed by atoms with Gasteiger partial charge < -0.3 is 15.5 Å². The molecule has 6 heteroatoms. The van der Waals surface area contributed by atoms with Crippen molar-refractivity contribution in [3.63, 3.8) is 0 Å². The van der Waals surface area contributed by atoms with E-state index < -0.39 is 0 Å². The Labute approximate surface area is 142 Å². The minimum absolute atomic E-state index is 0.224. The highest BCUT2D eigenvalue weighted by molar-refractivity contribution is 5.76. The zero-order valence-electron chi connectivity index (χ0n) is 14.0. The van der Waals surface area contributed by atoms with Crippen LogP contribution in [-0.2, 0) is 11.2 Å². The number of carbonyl (C=O) groups is 2. The smallest absolute Gasteiger partial charge is 0.314 e. The van der Waals surface area contributed by atoms with Crippen LogP contribution in [0, 0.1) is 5.82 Å². The van der Waals surface area contributed by atoms with Crippen molar-refractivity contribution in [2.45, 2.75) is 38.5 Å². The van der Waals surface area contributed by atoms with E-state index in [2.05, 4.69) is 10.6 Å². The van der Waals surface area contributed by atoms with E-state index in [1.54, 1.807) is 18.2 Å². The number of hydrogen-bond acceptors (Lipinski definition) is 2. The summed E-state index contributed by atoms with van der Waals surface area (Å²) in [6.45, 7) is 2.43. The molecule has 1 fully saturated rings. The molecule has 2 N–H and O–H groups in total. The number of nitrogens with one attached hydrogen (secondary N) is 2. The topological polar surface area (TPSA) is 61.4 Å². The van der Waals surface area contributed by atoms with Gasteiger partial charge in [-0.05, 0) is 37.3 Å². The molecule has 0 atom stereocenters. The molecule has 1 aliphatic heterocycles. The number of amides is 3. The Morgan fingerprint density at radius 1 is 1.12 bits per heavy atom. The summed E-state index contributed by atoms with van der Waals surface area (Å²) >= 11 is 0. The minimum Gasteiger partial charge on any atom is -0.343 e. The van der Waals surface area contributed by atoms with E-state index in [1.807, 2.05) is 4.90 Å². The van der Waals surface area contributed by atoms with Crippen LogP contribution in [0.2, 0.25) is 0 Å². The monoisotopic (exact) mass is 335 g/mol. The number of halogens is 1. The summed E-state index contributed by atoms with van der Waals surface area (Å²) in [5, 5.41) is 5.49. The van der Waals surface area contributed by atoms with Crippen molar-refractivity contribution in [3.05, 3.63) is 35.6 Å². The Morgan fingerprint density at radius 3 is 2.75 bits per heavy atom.